The molecule has 106 valence electrons. The molecule has 0 saturated carbocycles. The van der Waals surface area contributed by atoms with Crippen molar-refractivity contribution in [3.8, 4) is 5.75 Å². The molecule has 0 saturated heterocycles. The van der Waals surface area contributed by atoms with Crippen LogP contribution in [-0.4, -0.2) is 13.7 Å². The minimum absolute atomic E-state index is 0.612. The first-order valence-corrected chi connectivity index (χ1v) is 6.86. The number of anilines is 3. The van der Waals surface area contributed by atoms with Crippen LogP contribution in [0.5, 0.6) is 5.75 Å². The van der Waals surface area contributed by atoms with Crippen LogP contribution in [0.4, 0.5) is 17.1 Å². The molecular weight excluding hydrogens is 248 g/mol. The minimum Gasteiger partial charge on any atom is -0.492 e. The molecule has 0 amide bonds. The average Bonchev–Trinajstić information content (AvgIpc) is 2.39. The van der Waals surface area contributed by atoms with Gasteiger partial charge in [-0.25, -0.2) is 0 Å². The average molecular weight is 270 g/mol. The summed E-state index contributed by atoms with van der Waals surface area (Å²) >= 11 is 0. The van der Waals surface area contributed by atoms with Crippen LogP contribution in [0.15, 0.2) is 36.4 Å². The maximum atomic E-state index is 6.22. The number of hydrogen-bond acceptors (Lipinski definition) is 3. The normalized spacial score (nSPS) is 10.4. The van der Waals surface area contributed by atoms with Gasteiger partial charge in [0.1, 0.15) is 5.75 Å². The molecule has 0 bridgehead atoms. The quantitative estimate of drug-likeness (QED) is 0.852. The lowest BCUT2D eigenvalue weighted by molar-refractivity contribution is 0.342. The summed E-state index contributed by atoms with van der Waals surface area (Å²) in [7, 11) is 2.02. The molecule has 0 unspecified atom stereocenters. The molecule has 2 N–H and O–H groups in total. The van der Waals surface area contributed by atoms with Gasteiger partial charge in [0.05, 0.1) is 18.0 Å². The maximum absolute atomic E-state index is 6.22. The van der Waals surface area contributed by atoms with Crippen LogP contribution in [0.1, 0.15) is 18.1 Å². The predicted octanol–water partition coefficient (Wildman–Crippen LogP) is 4.05. The van der Waals surface area contributed by atoms with E-state index in [-0.39, 0.29) is 0 Å². The highest BCUT2D eigenvalue weighted by atomic mass is 16.5. The van der Waals surface area contributed by atoms with Crippen molar-refractivity contribution >= 4 is 17.1 Å². The summed E-state index contributed by atoms with van der Waals surface area (Å²) in [5.74, 6) is 0.737. The van der Waals surface area contributed by atoms with E-state index in [4.69, 9.17) is 10.5 Å². The Labute approximate surface area is 121 Å². The first-order valence-electron chi connectivity index (χ1n) is 6.86. The standard InChI is InChI=1S/C17H22N2O/c1-5-20-16-8-6-7-15(17(16)18)19(4)14-10-12(2)9-13(3)11-14/h6-11H,5,18H2,1-4H3. The van der Waals surface area contributed by atoms with Crippen molar-refractivity contribution in [1.82, 2.24) is 0 Å². The third kappa shape index (κ3) is 2.87. The summed E-state index contributed by atoms with van der Waals surface area (Å²) in [6, 6.07) is 12.3. The highest BCUT2D eigenvalue weighted by Gasteiger charge is 2.11. The molecule has 2 rings (SSSR count). The maximum Gasteiger partial charge on any atom is 0.144 e. The first kappa shape index (κ1) is 14.3. The molecule has 0 aliphatic heterocycles. The largest absolute Gasteiger partial charge is 0.492 e. The van der Waals surface area contributed by atoms with Crippen LogP contribution in [0.2, 0.25) is 0 Å². The molecule has 20 heavy (non-hydrogen) atoms. The van der Waals surface area contributed by atoms with Gasteiger partial charge in [0.15, 0.2) is 0 Å². The van der Waals surface area contributed by atoms with Gasteiger partial charge in [0.2, 0.25) is 0 Å². The van der Waals surface area contributed by atoms with E-state index in [1.165, 1.54) is 11.1 Å². The lowest BCUT2D eigenvalue weighted by atomic mass is 10.1. The smallest absolute Gasteiger partial charge is 0.144 e. The predicted molar refractivity (Wildman–Crippen MR) is 86.0 cm³/mol. The summed E-state index contributed by atoms with van der Waals surface area (Å²) in [4.78, 5) is 2.10. The zero-order chi connectivity index (χ0) is 14.7. The zero-order valence-electron chi connectivity index (χ0n) is 12.6. The van der Waals surface area contributed by atoms with E-state index in [1.807, 2.05) is 32.2 Å². The number of rotatable bonds is 4. The van der Waals surface area contributed by atoms with E-state index in [9.17, 15) is 0 Å². The van der Waals surface area contributed by atoms with E-state index in [0.717, 1.165) is 17.1 Å². The van der Waals surface area contributed by atoms with Crippen molar-refractivity contribution in [2.75, 3.05) is 24.3 Å². The van der Waals surface area contributed by atoms with Crippen LogP contribution in [0.3, 0.4) is 0 Å². The van der Waals surface area contributed by atoms with Gasteiger partial charge in [-0.15, -0.1) is 0 Å². The minimum atomic E-state index is 0.612. The molecule has 0 fully saturated rings. The summed E-state index contributed by atoms with van der Waals surface area (Å²) in [6.07, 6.45) is 0. The van der Waals surface area contributed by atoms with Gasteiger partial charge in [-0.05, 0) is 56.2 Å². The summed E-state index contributed by atoms with van der Waals surface area (Å²) in [6.45, 7) is 6.77. The third-order valence-electron chi connectivity index (χ3n) is 3.30. The van der Waals surface area contributed by atoms with Crippen LogP contribution in [0, 0.1) is 13.8 Å². The summed E-state index contributed by atoms with van der Waals surface area (Å²) in [5, 5.41) is 0. The zero-order valence-corrected chi connectivity index (χ0v) is 12.6. The van der Waals surface area contributed by atoms with Crippen LogP contribution >= 0.6 is 0 Å². The van der Waals surface area contributed by atoms with Gasteiger partial charge in [0.25, 0.3) is 0 Å². The molecule has 0 heterocycles. The molecule has 0 aliphatic rings. The number of nitrogen functional groups attached to an aromatic ring is 1. The van der Waals surface area contributed by atoms with Crippen LogP contribution in [-0.2, 0) is 0 Å². The third-order valence-corrected chi connectivity index (χ3v) is 3.30. The highest BCUT2D eigenvalue weighted by Crippen LogP contribution is 2.35. The van der Waals surface area contributed by atoms with E-state index >= 15 is 0 Å². The van der Waals surface area contributed by atoms with Gasteiger partial charge in [-0.2, -0.15) is 0 Å². The van der Waals surface area contributed by atoms with E-state index < -0.39 is 0 Å². The number of benzene rings is 2. The Morgan fingerprint density at radius 3 is 2.35 bits per heavy atom. The van der Waals surface area contributed by atoms with E-state index in [0.29, 0.717) is 12.3 Å². The van der Waals surface area contributed by atoms with Crippen LogP contribution < -0.4 is 15.4 Å². The van der Waals surface area contributed by atoms with Crippen molar-refractivity contribution in [3.63, 3.8) is 0 Å². The lowest BCUT2D eigenvalue weighted by Gasteiger charge is -2.23. The highest BCUT2D eigenvalue weighted by molar-refractivity contribution is 5.79. The van der Waals surface area contributed by atoms with Gasteiger partial charge in [-0.1, -0.05) is 12.1 Å². The fourth-order valence-electron chi connectivity index (χ4n) is 2.39. The molecule has 2 aromatic carbocycles. The van der Waals surface area contributed by atoms with Crippen molar-refractivity contribution < 1.29 is 4.74 Å². The van der Waals surface area contributed by atoms with E-state index in [2.05, 4.69) is 36.9 Å². The Morgan fingerprint density at radius 1 is 1.10 bits per heavy atom. The van der Waals surface area contributed by atoms with Gasteiger partial charge < -0.3 is 15.4 Å². The summed E-state index contributed by atoms with van der Waals surface area (Å²) < 4.78 is 5.56. The second-order valence-corrected chi connectivity index (χ2v) is 5.03. The molecule has 0 spiro atoms. The fraction of sp³-hybridized carbons (Fsp3) is 0.294. The molecule has 3 heteroatoms. The topological polar surface area (TPSA) is 38.5 Å². The summed E-state index contributed by atoms with van der Waals surface area (Å²) in [5.41, 5.74) is 11.5. The number of nitrogens with zero attached hydrogens (tertiary/aromatic N) is 1. The molecular formula is C17H22N2O. The SMILES string of the molecule is CCOc1cccc(N(C)c2cc(C)cc(C)c2)c1N. The molecule has 2 aromatic rings. The van der Waals surface area contributed by atoms with Crippen molar-refractivity contribution in [1.29, 1.82) is 0 Å². The number of ether oxygens (including phenoxy) is 1. The van der Waals surface area contributed by atoms with Gasteiger partial charge in [0, 0.05) is 12.7 Å². The van der Waals surface area contributed by atoms with Crippen molar-refractivity contribution in [2.45, 2.75) is 20.8 Å². The molecule has 0 aliphatic carbocycles. The van der Waals surface area contributed by atoms with Crippen molar-refractivity contribution in [2.24, 2.45) is 0 Å². The van der Waals surface area contributed by atoms with Gasteiger partial charge >= 0.3 is 0 Å². The Balaban J connectivity index is 2.42. The Kier molecular flexibility index (Phi) is 4.18. The second kappa shape index (κ2) is 5.87. The first-order chi connectivity index (χ1) is 9.52. The van der Waals surface area contributed by atoms with Gasteiger partial charge in [-0.3, -0.25) is 0 Å². The van der Waals surface area contributed by atoms with Crippen LogP contribution in [0.25, 0.3) is 0 Å². The monoisotopic (exact) mass is 270 g/mol. The molecule has 0 radical (unpaired) electrons. The molecule has 0 atom stereocenters. The number of hydrogen-bond donors (Lipinski definition) is 1. The molecule has 0 aromatic heterocycles. The van der Waals surface area contributed by atoms with Crippen molar-refractivity contribution in [3.05, 3.63) is 47.5 Å². The number of para-hydroxylation sites is 1. The molecule has 3 nitrogen and oxygen atoms in total. The number of nitrogens with two attached hydrogens (primary N) is 1. The number of aryl methyl sites for hydroxylation is 2. The van der Waals surface area contributed by atoms with E-state index in [1.54, 1.807) is 0 Å². The second-order valence-electron chi connectivity index (χ2n) is 5.03. The fourth-order valence-corrected chi connectivity index (χ4v) is 2.39. The Bertz CT molecular complexity index is 588. The Morgan fingerprint density at radius 2 is 1.75 bits per heavy atom. The lowest BCUT2D eigenvalue weighted by Crippen LogP contribution is -2.12. The Hall–Kier alpha value is -2.16.